The second kappa shape index (κ2) is 8.85. The van der Waals surface area contributed by atoms with Crippen LogP contribution < -0.4 is 0 Å². The highest BCUT2D eigenvalue weighted by Crippen LogP contribution is 1.70. The fourth-order valence-electron chi connectivity index (χ4n) is 0. The minimum atomic E-state index is 0. The molecule has 0 aliphatic carbocycles. The van der Waals surface area contributed by atoms with E-state index in [1.165, 1.54) is 5.54 Å². The Kier molecular flexibility index (Phi) is 15.9. The molecule has 2 heteroatoms. The molecule has 0 saturated carbocycles. The van der Waals surface area contributed by atoms with E-state index >= 15 is 0 Å². The Labute approximate surface area is 43.2 Å². The average Bonchev–Trinajstić information content (AvgIpc) is 1.37. The predicted molar refractivity (Wildman–Crippen MR) is 27.9 cm³/mol. The van der Waals surface area contributed by atoms with Crippen molar-refractivity contribution in [2.75, 3.05) is 0 Å². The normalized spacial score (nSPS) is 7.60. The highest BCUT2D eigenvalue weighted by Gasteiger charge is 1.37. The molecule has 0 radical (unpaired) electrons. The number of hydrogen-bond acceptors (Lipinski definition) is 0. The van der Waals surface area contributed by atoms with Crippen LogP contribution in [0.15, 0.2) is 11.6 Å². The molecule has 32 valence electrons. The number of rotatable bonds is 0. The largest absolute Gasteiger partial charge is 0.147 e. The summed E-state index contributed by atoms with van der Waals surface area (Å²) in [6, 6.07) is 0. The Morgan fingerprint density at radius 1 is 1.60 bits per heavy atom. The highest BCUT2D eigenvalue weighted by molar-refractivity contribution is 6.25. The van der Waals surface area contributed by atoms with Gasteiger partial charge >= 0.3 is 0 Å². The molecule has 0 amide bonds. The lowest BCUT2D eigenvalue weighted by Gasteiger charge is -1.46. The zero-order chi connectivity index (χ0) is 3.41. The molecule has 0 aliphatic rings. The topological polar surface area (TPSA) is 0 Å². The zero-order valence-corrected chi connectivity index (χ0v) is 4.51. The Morgan fingerprint density at radius 3 is 1.80 bits per heavy atom. The van der Waals surface area contributed by atoms with E-state index in [0.29, 0.717) is 0 Å². The predicted octanol–water partition coefficient (Wildman–Crippen LogP) is 2.18. The van der Waals surface area contributed by atoms with E-state index in [2.05, 4.69) is 0 Å². The summed E-state index contributed by atoms with van der Waals surface area (Å²) >= 11 is 5.01. The quantitative estimate of drug-likeness (QED) is 0.451. The van der Waals surface area contributed by atoms with Gasteiger partial charge in [-0.2, -0.15) is 0 Å². The van der Waals surface area contributed by atoms with Crippen LogP contribution in [0.4, 0.5) is 0 Å². The smallest absolute Gasteiger partial charge is 0.0000330 e. The molecule has 0 atom stereocenters. The fraction of sp³-hybridized carbons (Fsp3) is 0.333. The van der Waals surface area contributed by atoms with Crippen molar-refractivity contribution >= 4 is 24.0 Å². The summed E-state index contributed by atoms with van der Waals surface area (Å²) in [5.41, 5.74) is 1.47. The molecule has 0 spiro atoms. The number of allylic oxidation sites excluding steroid dienone is 1. The monoisotopic (exact) mass is 112 g/mol. The van der Waals surface area contributed by atoms with Crippen LogP contribution in [0, 0.1) is 0 Å². The molecular formula is C3H6Cl2. The molecule has 0 aromatic carbocycles. The first-order chi connectivity index (χ1) is 1.91. The van der Waals surface area contributed by atoms with Crippen molar-refractivity contribution in [1.82, 2.24) is 0 Å². The maximum atomic E-state index is 5.01. The van der Waals surface area contributed by atoms with Crippen molar-refractivity contribution < 1.29 is 0 Å². The van der Waals surface area contributed by atoms with Crippen molar-refractivity contribution in [1.29, 1.82) is 0 Å². The van der Waals surface area contributed by atoms with Gasteiger partial charge in [-0.1, -0.05) is 17.7 Å². The van der Waals surface area contributed by atoms with Crippen molar-refractivity contribution in [3.63, 3.8) is 0 Å². The van der Waals surface area contributed by atoms with E-state index in [0.717, 1.165) is 0 Å². The van der Waals surface area contributed by atoms with Crippen LogP contribution in [0.5, 0.6) is 0 Å². The number of hydrogen-bond donors (Lipinski definition) is 0. The molecule has 0 nitrogen and oxygen atoms in total. The molecule has 0 heterocycles. The minimum Gasteiger partial charge on any atom is -0.147 e. The van der Waals surface area contributed by atoms with Crippen LogP contribution in [-0.4, -0.2) is 0 Å². The Balaban J connectivity index is 0. The van der Waals surface area contributed by atoms with E-state index in [4.69, 9.17) is 11.6 Å². The van der Waals surface area contributed by atoms with Gasteiger partial charge in [0.1, 0.15) is 0 Å². The minimum absolute atomic E-state index is 0. The first kappa shape index (κ1) is 9.01. The summed E-state index contributed by atoms with van der Waals surface area (Å²) in [7, 11) is 0. The Bertz CT molecular complexity index is 20.1. The molecule has 0 aliphatic heterocycles. The molecule has 0 rings (SSSR count). The van der Waals surface area contributed by atoms with Gasteiger partial charge in [0.15, 0.2) is 0 Å². The van der Waals surface area contributed by atoms with Gasteiger partial charge < -0.3 is 0 Å². The fourth-order valence-corrected chi connectivity index (χ4v) is 0. The summed E-state index contributed by atoms with van der Waals surface area (Å²) in [6.07, 6.45) is 1.77. The van der Waals surface area contributed by atoms with Crippen LogP contribution >= 0.6 is 24.0 Å². The Hall–Kier alpha value is 0.320. The van der Waals surface area contributed by atoms with E-state index in [1.807, 2.05) is 6.92 Å². The van der Waals surface area contributed by atoms with Crippen molar-refractivity contribution in [3.8, 4) is 0 Å². The molecule has 0 aromatic rings. The number of halogens is 2. The van der Waals surface area contributed by atoms with Gasteiger partial charge in [-0.15, -0.1) is 12.4 Å². The molecule has 5 heavy (non-hydrogen) atoms. The molecule has 0 unspecified atom stereocenters. The summed E-state index contributed by atoms with van der Waals surface area (Å²) in [5.74, 6) is 0. The summed E-state index contributed by atoms with van der Waals surface area (Å²) in [4.78, 5) is 0. The molecule has 0 saturated heterocycles. The second-order valence-corrected chi connectivity index (χ2v) is 0.711. The van der Waals surface area contributed by atoms with Crippen LogP contribution in [-0.2, 0) is 0 Å². The van der Waals surface area contributed by atoms with Gasteiger partial charge in [-0.25, -0.2) is 0 Å². The van der Waals surface area contributed by atoms with E-state index in [9.17, 15) is 0 Å². The van der Waals surface area contributed by atoms with E-state index in [-0.39, 0.29) is 12.4 Å². The van der Waals surface area contributed by atoms with Gasteiger partial charge in [0.05, 0.1) is 0 Å². The van der Waals surface area contributed by atoms with Crippen LogP contribution in [0.3, 0.4) is 0 Å². The van der Waals surface area contributed by atoms with Gasteiger partial charge in [-0.05, 0) is 12.5 Å². The third-order valence-corrected chi connectivity index (χ3v) is 0.378. The molecule has 0 fully saturated rings. The van der Waals surface area contributed by atoms with E-state index < -0.39 is 0 Å². The standard InChI is InChI=1S/C3H5Cl.ClH/c1-2-3-4;/h2-3H,1H3;1H/b3-2+;. The van der Waals surface area contributed by atoms with Crippen LogP contribution in [0.1, 0.15) is 6.92 Å². The van der Waals surface area contributed by atoms with Crippen molar-refractivity contribution in [3.05, 3.63) is 11.6 Å². The second-order valence-electron chi connectivity index (χ2n) is 0.459. The molecule has 0 N–H and O–H groups in total. The van der Waals surface area contributed by atoms with Crippen molar-refractivity contribution in [2.24, 2.45) is 0 Å². The van der Waals surface area contributed by atoms with Gasteiger partial charge in [0, 0.05) is 0 Å². The lowest BCUT2D eigenvalue weighted by molar-refractivity contribution is 1.78. The summed E-state index contributed by atoms with van der Waals surface area (Å²) < 4.78 is 0. The van der Waals surface area contributed by atoms with Crippen LogP contribution in [0.2, 0.25) is 0 Å². The maximum absolute atomic E-state index is 5.01. The van der Waals surface area contributed by atoms with Crippen molar-refractivity contribution in [2.45, 2.75) is 6.92 Å². The zero-order valence-electron chi connectivity index (χ0n) is 2.94. The first-order valence-electron chi connectivity index (χ1n) is 1.13. The Morgan fingerprint density at radius 2 is 1.80 bits per heavy atom. The SMILES string of the molecule is C/C=C/Cl.Cl. The molecule has 0 bridgehead atoms. The van der Waals surface area contributed by atoms with E-state index in [1.54, 1.807) is 6.08 Å². The highest BCUT2D eigenvalue weighted by atomic mass is 35.5. The van der Waals surface area contributed by atoms with Gasteiger partial charge in [0.25, 0.3) is 0 Å². The molecule has 0 aromatic heterocycles. The lowest BCUT2D eigenvalue weighted by Crippen LogP contribution is -1.20. The third kappa shape index (κ3) is 13.3. The van der Waals surface area contributed by atoms with Gasteiger partial charge in [-0.3, -0.25) is 0 Å². The molecular weight excluding hydrogens is 107 g/mol. The lowest BCUT2D eigenvalue weighted by atomic mass is 10.8. The third-order valence-electron chi connectivity index (χ3n) is 0.126. The first-order valence-corrected chi connectivity index (χ1v) is 1.57. The summed E-state index contributed by atoms with van der Waals surface area (Å²) in [5, 5.41) is 0. The maximum Gasteiger partial charge on any atom is -0.0000330 e. The van der Waals surface area contributed by atoms with Crippen LogP contribution in [0.25, 0.3) is 0 Å². The average molecular weight is 113 g/mol. The summed E-state index contributed by atoms with van der Waals surface area (Å²) in [6.45, 7) is 1.87. The van der Waals surface area contributed by atoms with Gasteiger partial charge in [0.2, 0.25) is 0 Å².